The van der Waals surface area contributed by atoms with Gasteiger partial charge in [0.15, 0.2) is 0 Å². The Bertz CT molecular complexity index is 303. The number of likely N-dealkylation sites (N-methyl/N-ethyl adjacent to an activating group) is 1. The molecule has 0 radical (unpaired) electrons. The summed E-state index contributed by atoms with van der Waals surface area (Å²) < 4.78 is 0. The number of amides is 1. The molecule has 116 valence electrons. The van der Waals surface area contributed by atoms with Crippen LogP contribution in [0.5, 0.6) is 0 Å². The molecule has 0 spiro atoms. The normalized spacial score (nSPS) is 24.6. The second-order valence-corrected chi connectivity index (χ2v) is 7.05. The molecular weight excluding hydrogens is 270 g/mol. The molecule has 2 aliphatic heterocycles. The maximum atomic E-state index is 12.3. The molecule has 1 atom stereocenters. The van der Waals surface area contributed by atoms with Gasteiger partial charge < -0.3 is 10.2 Å². The van der Waals surface area contributed by atoms with Crippen LogP contribution in [-0.2, 0) is 4.79 Å². The fourth-order valence-corrected chi connectivity index (χ4v) is 4.38. The monoisotopic (exact) mass is 299 g/mol. The summed E-state index contributed by atoms with van der Waals surface area (Å²) in [5, 5.41) is 4.06. The maximum absolute atomic E-state index is 12.3. The van der Waals surface area contributed by atoms with Crippen LogP contribution in [0, 0.1) is 0 Å². The van der Waals surface area contributed by atoms with Crippen molar-refractivity contribution in [3.05, 3.63) is 0 Å². The van der Waals surface area contributed by atoms with Crippen molar-refractivity contribution in [2.45, 2.75) is 44.4 Å². The Kier molecular flexibility index (Phi) is 6.65. The molecule has 0 bridgehead atoms. The molecule has 0 aromatic rings. The first-order valence-electron chi connectivity index (χ1n) is 8.08. The lowest BCUT2D eigenvalue weighted by Crippen LogP contribution is -2.39. The van der Waals surface area contributed by atoms with Crippen molar-refractivity contribution in [1.29, 1.82) is 0 Å². The van der Waals surface area contributed by atoms with Crippen LogP contribution < -0.4 is 5.32 Å². The van der Waals surface area contributed by atoms with Crippen molar-refractivity contribution in [2.75, 3.05) is 45.0 Å². The van der Waals surface area contributed by atoms with Gasteiger partial charge in [-0.15, -0.1) is 11.8 Å². The van der Waals surface area contributed by atoms with E-state index in [-0.39, 0.29) is 0 Å². The van der Waals surface area contributed by atoms with E-state index < -0.39 is 0 Å². The molecule has 2 rings (SSSR count). The molecular formula is C15H29N3OS. The van der Waals surface area contributed by atoms with E-state index in [0.29, 0.717) is 23.0 Å². The van der Waals surface area contributed by atoms with Crippen molar-refractivity contribution < 1.29 is 4.79 Å². The summed E-state index contributed by atoms with van der Waals surface area (Å²) in [6, 6.07) is 0.581. The highest BCUT2D eigenvalue weighted by Crippen LogP contribution is 2.22. The zero-order chi connectivity index (χ0) is 14.4. The van der Waals surface area contributed by atoms with Crippen molar-refractivity contribution >= 4 is 17.7 Å². The van der Waals surface area contributed by atoms with E-state index in [0.717, 1.165) is 45.7 Å². The highest BCUT2D eigenvalue weighted by Gasteiger charge is 2.29. The molecule has 1 N–H and O–H groups in total. The number of hydrogen-bond acceptors (Lipinski definition) is 4. The lowest BCUT2D eigenvalue weighted by Gasteiger charge is -2.26. The van der Waals surface area contributed by atoms with Crippen molar-refractivity contribution in [3.63, 3.8) is 0 Å². The Balaban J connectivity index is 1.70. The summed E-state index contributed by atoms with van der Waals surface area (Å²) in [5.41, 5.74) is 0. The smallest absolute Gasteiger partial charge is 0.232 e. The summed E-state index contributed by atoms with van der Waals surface area (Å²) in [6.07, 6.45) is 3.56. The van der Waals surface area contributed by atoms with Crippen molar-refractivity contribution in [2.24, 2.45) is 0 Å². The van der Waals surface area contributed by atoms with Gasteiger partial charge in [0.05, 0.1) is 5.75 Å². The third kappa shape index (κ3) is 4.37. The lowest BCUT2D eigenvalue weighted by atomic mass is 10.2. The van der Waals surface area contributed by atoms with Gasteiger partial charge in [-0.2, -0.15) is 0 Å². The Morgan fingerprint density at radius 3 is 2.60 bits per heavy atom. The molecule has 0 aromatic heterocycles. The van der Waals surface area contributed by atoms with Gasteiger partial charge in [0.1, 0.15) is 0 Å². The molecule has 0 aliphatic carbocycles. The number of thioether (sulfide) groups is 1. The standard InChI is InChI=1S/C15H29N3OS/c1-3-17(4-2)13-7-10-18(11-13)15(19)12-20-14-5-8-16-9-6-14/h13-14,16H,3-12H2,1-2H3. The van der Waals surface area contributed by atoms with Crippen molar-refractivity contribution in [1.82, 2.24) is 15.1 Å². The summed E-state index contributed by atoms with van der Waals surface area (Å²) in [7, 11) is 0. The Morgan fingerprint density at radius 1 is 1.25 bits per heavy atom. The lowest BCUT2D eigenvalue weighted by molar-refractivity contribution is -0.127. The quantitative estimate of drug-likeness (QED) is 0.804. The molecule has 2 fully saturated rings. The van der Waals surface area contributed by atoms with Crippen LogP contribution in [-0.4, -0.2) is 72.0 Å². The average Bonchev–Trinajstić information content (AvgIpc) is 2.97. The van der Waals surface area contributed by atoms with Crippen LogP contribution in [0.25, 0.3) is 0 Å². The molecule has 4 nitrogen and oxygen atoms in total. The topological polar surface area (TPSA) is 35.6 Å². The van der Waals surface area contributed by atoms with Gasteiger partial charge >= 0.3 is 0 Å². The zero-order valence-corrected chi connectivity index (χ0v) is 13.8. The Morgan fingerprint density at radius 2 is 1.95 bits per heavy atom. The van der Waals surface area contributed by atoms with E-state index in [2.05, 4.69) is 29.0 Å². The summed E-state index contributed by atoms with van der Waals surface area (Å²) in [6.45, 7) is 10.7. The van der Waals surface area contributed by atoms with E-state index >= 15 is 0 Å². The highest BCUT2D eigenvalue weighted by molar-refractivity contribution is 8.00. The number of nitrogens with one attached hydrogen (secondary N) is 1. The predicted molar refractivity (Wildman–Crippen MR) is 86.3 cm³/mol. The minimum Gasteiger partial charge on any atom is -0.340 e. The van der Waals surface area contributed by atoms with Crippen LogP contribution >= 0.6 is 11.8 Å². The highest BCUT2D eigenvalue weighted by atomic mass is 32.2. The summed E-state index contributed by atoms with van der Waals surface area (Å²) >= 11 is 1.87. The predicted octanol–water partition coefficient (Wildman–Crippen LogP) is 1.41. The third-order valence-electron chi connectivity index (χ3n) is 4.57. The molecule has 2 aliphatic rings. The van der Waals surface area contributed by atoms with Crippen molar-refractivity contribution in [3.8, 4) is 0 Å². The molecule has 5 heteroatoms. The van der Waals surface area contributed by atoms with Gasteiger partial charge in [-0.3, -0.25) is 9.69 Å². The van der Waals surface area contributed by atoms with E-state index in [4.69, 9.17) is 0 Å². The second-order valence-electron chi connectivity index (χ2n) is 5.76. The first-order chi connectivity index (χ1) is 9.74. The molecule has 0 aromatic carbocycles. The maximum Gasteiger partial charge on any atom is 0.232 e. The van der Waals surface area contributed by atoms with E-state index in [1.807, 2.05) is 11.8 Å². The number of carbonyl (C=O) groups is 1. The van der Waals surface area contributed by atoms with Gasteiger partial charge in [0.2, 0.25) is 5.91 Å². The SMILES string of the molecule is CCN(CC)C1CCN(C(=O)CSC2CCNCC2)C1. The number of nitrogens with zero attached hydrogens (tertiary/aromatic N) is 2. The van der Waals surface area contributed by atoms with Gasteiger partial charge in [-0.05, 0) is 45.4 Å². The zero-order valence-electron chi connectivity index (χ0n) is 12.9. The van der Waals surface area contributed by atoms with Crippen LogP contribution in [0.1, 0.15) is 33.1 Å². The molecule has 2 heterocycles. The largest absolute Gasteiger partial charge is 0.340 e. The first kappa shape index (κ1) is 16.1. The van der Waals surface area contributed by atoms with Crippen LogP contribution in [0.15, 0.2) is 0 Å². The molecule has 20 heavy (non-hydrogen) atoms. The number of hydrogen-bond donors (Lipinski definition) is 1. The number of carbonyl (C=O) groups excluding carboxylic acids is 1. The van der Waals surface area contributed by atoms with Crippen LogP contribution in [0.3, 0.4) is 0 Å². The van der Waals surface area contributed by atoms with E-state index in [1.54, 1.807) is 0 Å². The van der Waals surface area contributed by atoms with Gasteiger partial charge in [0.25, 0.3) is 0 Å². The van der Waals surface area contributed by atoms with Gasteiger partial charge in [0, 0.05) is 24.4 Å². The fraction of sp³-hybridized carbons (Fsp3) is 0.933. The van der Waals surface area contributed by atoms with Crippen LogP contribution in [0.4, 0.5) is 0 Å². The second kappa shape index (κ2) is 8.25. The molecule has 0 saturated carbocycles. The fourth-order valence-electron chi connectivity index (χ4n) is 3.25. The van der Waals surface area contributed by atoms with Crippen LogP contribution in [0.2, 0.25) is 0 Å². The third-order valence-corrected chi connectivity index (χ3v) is 5.93. The Hall–Kier alpha value is -0.260. The average molecular weight is 299 g/mol. The molecule has 2 saturated heterocycles. The summed E-state index contributed by atoms with van der Waals surface area (Å²) in [5.74, 6) is 1.03. The molecule has 1 amide bonds. The van der Waals surface area contributed by atoms with E-state index in [9.17, 15) is 4.79 Å². The number of rotatable bonds is 6. The first-order valence-corrected chi connectivity index (χ1v) is 9.13. The minimum absolute atomic E-state index is 0.350. The molecule has 1 unspecified atom stereocenters. The number of likely N-dealkylation sites (tertiary alicyclic amines) is 1. The summed E-state index contributed by atoms with van der Waals surface area (Å²) in [4.78, 5) is 16.9. The number of piperidine rings is 1. The Labute approximate surface area is 127 Å². The van der Waals surface area contributed by atoms with E-state index in [1.165, 1.54) is 12.8 Å². The van der Waals surface area contributed by atoms with Gasteiger partial charge in [-0.1, -0.05) is 13.8 Å². The minimum atomic E-state index is 0.350. The van der Waals surface area contributed by atoms with Gasteiger partial charge in [-0.25, -0.2) is 0 Å².